The first-order chi connectivity index (χ1) is 8.53. The van der Waals surface area contributed by atoms with Gasteiger partial charge in [0.25, 0.3) is 0 Å². The maximum atomic E-state index is 12.3. The first-order valence-corrected chi connectivity index (χ1v) is 6.82. The van der Waals surface area contributed by atoms with Crippen LogP contribution in [-0.2, 0) is 9.47 Å². The minimum Gasteiger partial charge on any atom is -0.444 e. The van der Waals surface area contributed by atoms with Gasteiger partial charge in [0.15, 0.2) is 0 Å². The highest BCUT2D eigenvalue weighted by Crippen LogP contribution is 2.31. The first kappa shape index (κ1) is 16.0. The first-order valence-electron chi connectivity index (χ1n) is 6.82. The van der Waals surface area contributed by atoms with Gasteiger partial charge in [-0.3, -0.25) is 4.90 Å². The smallest absolute Gasteiger partial charge is 0.412 e. The Morgan fingerprint density at radius 3 is 2.47 bits per heavy atom. The van der Waals surface area contributed by atoms with Crippen LogP contribution in [0.1, 0.15) is 54.9 Å². The number of allylic oxidation sites excluding steroid dienone is 1. The Kier molecular flexibility index (Phi) is 4.67. The zero-order chi connectivity index (χ0) is 14.8. The molecule has 0 spiro atoms. The molecule has 4 nitrogen and oxygen atoms in total. The van der Waals surface area contributed by atoms with Crippen LogP contribution in [0.2, 0.25) is 0 Å². The van der Waals surface area contributed by atoms with E-state index in [2.05, 4.69) is 19.9 Å². The summed E-state index contributed by atoms with van der Waals surface area (Å²) in [6.07, 6.45) is 2.62. The fraction of sp³-hybridized carbons (Fsp3) is 0.800. The molecule has 1 aliphatic rings. The van der Waals surface area contributed by atoms with E-state index in [4.69, 9.17) is 9.47 Å². The van der Waals surface area contributed by atoms with E-state index < -0.39 is 11.3 Å². The summed E-state index contributed by atoms with van der Waals surface area (Å²) >= 11 is 0. The van der Waals surface area contributed by atoms with E-state index in [1.165, 1.54) is 5.57 Å². The Bertz CT molecular complexity index is 362. The van der Waals surface area contributed by atoms with Gasteiger partial charge in [-0.15, -0.1) is 0 Å². The van der Waals surface area contributed by atoms with Gasteiger partial charge in [-0.25, -0.2) is 4.79 Å². The second-order valence-electron chi connectivity index (χ2n) is 6.78. The van der Waals surface area contributed by atoms with Gasteiger partial charge in [-0.05, 0) is 54.9 Å². The minimum absolute atomic E-state index is 0.0414. The summed E-state index contributed by atoms with van der Waals surface area (Å²) in [6, 6.07) is 0.0414. The van der Waals surface area contributed by atoms with Crippen molar-refractivity contribution in [3.63, 3.8) is 0 Å². The molecular formula is C15H27NO3. The second kappa shape index (κ2) is 5.53. The summed E-state index contributed by atoms with van der Waals surface area (Å²) in [5, 5.41) is 0. The van der Waals surface area contributed by atoms with Gasteiger partial charge in [0.05, 0.1) is 12.6 Å². The highest BCUT2D eigenvalue weighted by molar-refractivity contribution is 5.69. The molecule has 1 rings (SSSR count). The molecule has 1 amide bonds. The van der Waals surface area contributed by atoms with Crippen LogP contribution in [0.15, 0.2) is 11.6 Å². The van der Waals surface area contributed by atoms with Crippen molar-refractivity contribution in [2.45, 2.75) is 72.3 Å². The Balaban J connectivity index is 2.84. The number of hydrogen-bond donors (Lipinski definition) is 0. The molecule has 0 aromatic carbocycles. The van der Waals surface area contributed by atoms with E-state index in [1.807, 2.05) is 34.6 Å². The largest absolute Gasteiger partial charge is 0.444 e. The monoisotopic (exact) mass is 269 g/mol. The van der Waals surface area contributed by atoms with Crippen LogP contribution in [0.25, 0.3) is 0 Å². The van der Waals surface area contributed by atoms with Gasteiger partial charge >= 0.3 is 6.09 Å². The Morgan fingerprint density at radius 2 is 2.00 bits per heavy atom. The predicted octanol–water partition coefficient (Wildman–Crippen LogP) is 3.71. The van der Waals surface area contributed by atoms with Crippen LogP contribution in [0, 0.1) is 0 Å². The third kappa shape index (κ3) is 4.53. The lowest BCUT2D eigenvalue weighted by atomic mass is 10.1. The molecule has 1 saturated heterocycles. The summed E-state index contributed by atoms with van der Waals surface area (Å²) in [5.41, 5.74) is 0.146. The fourth-order valence-electron chi connectivity index (χ4n) is 2.11. The van der Waals surface area contributed by atoms with Crippen molar-refractivity contribution < 1.29 is 14.3 Å². The molecule has 0 aromatic rings. The highest BCUT2D eigenvalue weighted by atomic mass is 16.6. The Hall–Kier alpha value is -1.03. The minimum atomic E-state index is -0.609. The van der Waals surface area contributed by atoms with E-state index in [0.717, 1.165) is 6.42 Å². The molecule has 1 atom stereocenters. The van der Waals surface area contributed by atoms with Gasteiger partial charge < -0.3 is 9.47 Å². The van der Waals surface area contributed by atoms with Gasteiger partial charge in [-0.1, -0.05) is 11.6 Å². The van der Waals surface area contributed by atoms with Crippen LogP contribution in [0.4, 0.5) is 4.79 Å². The van der Waals surface area contributed by atoms with E-state index >= 15 is 0 Å². The summed E-state index contributed by atoms with van der Waals surface area (Å²) in [7, 11) is 0. The number of hydrogen-bond acceptors (Lipinski definition) is 3. The number of carbonyl (C=O) groups excluding carboxylic acids is 1. The standard InChI is InChI=1S/C15H27NO3/c1-11(2)8-9-12-10-18-15(6,7)16(12)13(17)19-14(3,4)5/h8,12H,9-10H2,1-7H3/t12-/m0/s1. The molecule has 0 N–H and O–H groups in total. The van der Waals surface area contributed by atoms with E-state index in [9.17, 15) is 4.79 Å². The lowest BCUT2D eigenvalue weighted by molar-refractivity contribution is -0.0623. The molecule has 1 heterocycles. The highest BCUT2D eigenvalue weighted by Gasteiger charge is 2.45. The number of amides is 1. The van der Waals surface area contributed by atoms with Crippen LogP contribution in [0.3, 0.4) is 0 Å². The Morgan fingerprint density at radius 1 is 1.42 bits per heavy atom. The molecule has 19 heavy (non-hydrogen) atoms. The number of ether oxygens (including phenoxy) is 2. The third-order valence-electron chi connectivity index (χ3n) is 2.96. The van der Waals surface area contributed by atoms with Crippen molar-refractivity contribution >= 4 is 6.09 Å². The topological polar surface area (TPSA) is 38.8 Å². The van der Waals surface area contributed by atoms with Crippen molar-refractivity contribution in [3.8, 4) is 0 Å². The van der Waals surface area contributed by atoms with Crippen LogP contribution in [-0.4, -0.2) is 35.0 Å². The fourth-order valence-corrected chi connectivity index (χ4v) is 2.11. The lowest BCUT2D eigenvalue weighted by Crippen LogP contribution is -2.49. The van der Waals surface area contributed by atoms with E-state index in [1.54, 1.807) is 4.90 Å². The second-order valence-corrected chi connectivity index (χ2v) is 6.78. The zero-order valence-corrected chi connectivity index (χ0v) is 13.2. The van der Waals surface area contributed by atoms with Gasteiger partial charge in [-0.2, -0.15) is 0 Å². The van der Waals surface area contributed by atoms with Crippen molar-refractivity contribution in [2.24, 2.45) is 0 Å². The van der Waals surface area contributed by atoms with Crippen molar-refractivity contribution in [2.75, 3.05) is 6.61 Å². The normalized spacial score (nSPS) is 22.3. The number of carbonyl (C=O) groups is 1. The summed E-state index contributed by atoms with van der Waals surface area (Å²) in [6.45, 7) is 14.1. The molecule has 0 radical (unpaired) electrons. The molecule has 4 heteroatoms. The zero-order valence-electron chi connectivity index (χ0n) is 13.2. The molecule has 0 unspecified atom stereocenters. The average molecular weight is 269 g/mol. The summed E-state index contributed by atoms with van der Waals surface area (Å²) in [4.78, 5) is 14.1. The van der Waals surface area contributed by atoms with Crippen molar-refractivity contribution in [1.82, 2.24) is 4.90 Å². The predicted molar refractivity (Wildman–Crippen MR) is 75.9 cm³/mol. The molecule has 0 saturated carbocycles. The maximum Gasteiger partial charge on any atom is 0.412 e. The van der Waals surface area contributed by atoms with E-state index in [0.29, 0.717) is 6.61 Å². The summed E-state index contributed by atoms with van der Waals surface area (Å²) < 4.78 is 11.2. The molecular weight excluding hydrogens is 242 g/mol. The molecule has 1 fully saturated rings. The summed E-state index contributed by atoms with van der Waals surface area (Å²) in [5.74, 6) is 0. The van der Waals surface area contributed by atoms with Gasteiger partial charge in [0, 0.05) is 0 Å². The molecule has 110 valence electrons. The Labute approximate surface area is 116 Å². The van der Waals surface area contributed by atoms with Gasteiger partial charge in [0.2, 0.25) is 0 Å². The van der Waals surface area contributed by atoms with E-state index in [-0.39, 0.29) is 12.1 Å². The molecule has 1 aliphatic heterocycles. The third-order valence-corrected chi connectivity index (χ3v) is 2.96. The van der Waals surface area contributed by atoms with Gasteiger partial charge in [0.1, 0.15) is 11.3 Å². The van der Waals surface area contributed by atoms with Crippen LogP contribution < -0.4 is 0 Å². The molecule has 0 aliphatic carbocycles. The van der Waals surface area contributed by atoms with Crippen molar-refractivity contribution in [3.05, 3.63) is 11.6 Å². The average Bonchev–Trinajstić information content (AvgIpc) is 2.47. The maximum absolute atomic E-state index is 12.3. The number of rotatable bonds is 2. The van der Waals surface area contributed by atoms with Crippen LogP contribution >= 0.6 is 0 Å². The lowest BCUT2D eigenvalue weighted by Gasteiger charge is -2.34. The molecule has 0 bridgehead atoms. The van der Waals surface area contributed by atoms with Crippen LogP contribution in [0.5, 0.6) is 0 Å². The number of nitrogens with zero attached hydrogens (tertiary/aromatic N) is 1. The SMILES string of the molecule is CC(C)=CC[C@H]1COC(C)(C)N1C(=O)OC(C)(C)C. The van der Waals surface area contributed by atoms with Crippen molar-refractivity contribution in [1.29, 1.82) is 0 Å². The quantitative estimate of drug-likeness (QED) is 0.717. The molecule has 0 aromatic heterocycles.